The van der Waals surface area contributed by atoms with E-state index >= 15 is 0 Å². The number of carbonyl (C=O) groups is 1. The van der Waals surface area contributed by atoms with Gasteiger partial charge in [0, 0.05) is 6.54 Å². The fourth-order valence-electron chi connectivity index (χ4n) is 2.03. The van der Waals surface area contributed by atoms with Crippen molar-refractivity contribution in [1.29, 1.82) is 0 Å². The average molecular weight is 208 g/mol. The third-order valence-electron chi connectivity index (χ3n) is 3.04. The Morgan fingerprint density at radius 2 is 2.13 bits per heavy atom. The van der Waals surface area contributed by atoms with Gasteiger partial charge in [0.2, 0.25) is 5.91 Å². The summed E-state index contributed by atoms with van der Waals surface area (Å²) in [6.07, 6.45) is 10.1. The second-order valence-electron chi connectivity index (χ2n) is 4.60. The zero-order chi connectivity index (χ0) is 11.1. The smallest absolute Gasteiger partial charge is 0.234 e. The van der Waals surface area contributed by atoms with Crippen molar-refractivity contribution in [2.75, 3.05) is 19.6 Å². The van der Waals surface area contributed by atoms with Crippen LogP contribution in [0.3, 0.4) is 0 Å². The lowest BCUT2D eigenvalue weighted by Gasteiger charge is -2.23. The normalized spacial score (nSPS) is 18.4. The van der Waals surface area contributed by atoms with Crippen molar-refractivity contribution in [3.05, 3.63) is 0 Å². The topological polar surface area (TPSA) is 41.1 Å². The Labute approximate surface area is 92.0 Å². The van der Waals surface area contributed by atoms with E-state index in [0.29, 0.717) is 18.5 Å². The first-order valence-electron chi connectivity index (χ1n) is 5.57. The van der Waals surface area contributed by atoms with Crippen LogP contribution in [0, 0.1) is 17.8 Å². The summed E-state index contributed by atoms with van der Waals surface area (Å²) in [4.78, 5) is 11.4. The standard InChI is InChI=1S/C12H20N2O/c1-3-8-13-9-11(15)14-10-12(2)6-4-5-7-12/h1,13H,4-10H2,2H3,(H,14,15). The molecule has 0 spiro atoms. The van der Waals surface area contributed by atoms with Crippen LogP contribution in [0.2, 0.25) is 0 Å². The first-order valence-corrected chi connectivity index (χ1v) is 5.57. The van der Waals surface area contributed by atoms with E-state index in [2.05, 4.69) is 23.5 Å². The fraction of sp³-hybridized carbons (Fsp3) is 0.750. The van der Waals surface area contributed by atoms with Gasteiger partial charge in [0.15, 0.2) is 0 Å². The van der Waals surface area contributed by atoms with Gasteiger partial charge in [0.25, 0.3) is 0 Å². The summed E-state index contributed by atoms with van der Waals surface area (Å²) in [7, 11) is 0. The van der Waals surface area contributed by atoms with E-state index in [1.54, 1.807) is 0 Å². The van der Waals surface area contributed by atoms with E-state index in [1.807, 2.05) is 0 Å². The lowest BCUT2D eigenvalue weighted by atomic mass is 9.89. The average Bonchev–Trinajstić information content (AvgIpc) is 2.64. The van der Waals surface area contributed by atoms with Crippen LogP contribution in [-0.4, -0.2) is 25.5 Å². The Morgan fingerprint density at radius 1 is 1.47 bits per heavy atom. The summed E-state index contributed by atoms with van der Waals surface area (Å²) in [6.45, 7) is 3.81. The van der Waals surface area contributed by atoms with E-state index in [1.165, 1.54) is 25.7 Å². The molecule has 0 aromatic carbocycles. The number of hydrogen-bond acceptors (Lipinski definition) is 2. The van der Waals surface area contributed by atoms with Crippen LogP contribution < -0.4 is 10.6 Å². The SMILES string of the molecule is C#CCNCC(=O)NCC1(C)CCCC1. The number of amides is 1. The molecular weight excluding hydrogens is 188 g/mol. The van der Waals surface area contributed by atoms with E-state index in [4.69, 9.17) is 6.42 Å². The van der Waals surface area contributed by atoms with Crippen molar-refractivity contribution in [1.82, 2.24) is 10.6 Å². The maximum absolute atomic E-state index is 11.4. The molecule has 0 heterocycles. The molecule has 0 aliphatic heterocycles. The van der Waals surface area contributed by atoms with Crippen molar-refractivity contribution in [2.24, 2.45) is 5.41 Å². The molecule has 3 heteroatoms. The highest BCUT2D eigenvalue weighted by Gasteiger charge is 2.28. The van der Waals surface area contributed by atoms with Gasteiger partial charge in [-0.2, -0.15) is 0 Å². The minimum absolute atomic E-state index is 0.0402. The predicted molar refractivity (Wildman–Crippen MR) is 61.3 cm³/mol. The lowest BCUT2D eigenvalue weighted by Crippen LogP contribution is -2.39. The van der Waals surface area contributed by atoms with Gasteiger partial charge in [-0.25, -0.2) is 0 Å². The van der Waals surface area contributed by atoms with Crippen molar-refractivity contribution < 1.29 is 4.79 Å². The zero-order valence-electron chi connectivity index (χ0n) is 9.44. The second kappa shape index (κ2) is 5.77. The monoisotopic (exact) mass is 208 g/mol. The molecule has 0 bridgehead atoms. The molecule has 1 fully saturated rings. The molecule has 0 unspecified atom stereocenters. The lowest BCUT2D eigenvalue weighted by molar-refractivity contribution is -0.120. The molecule has 0 radical (unpaired) electrons. The third-order valence-corrected chi connectivity index (χ3v) is 3.04. The van der Waals surface area contributed by atoms with E-state index in [0.717, 1.165) is 6.54 Å². The van der Waals surface area contributed by atoms with Crippen LogP contribution in [0.1, 0.15) is 32.6 Å². The molecule has 15 heavy (non-hydrogen) atoms. The van der Waals surface area contributed by atoms with Gasteiger partial charge in [-0.15, -0.1) is 6.42 Å². The highest BCUT2D eigenvalue weighted by Crippen LogP contribution is 2.36. The summed E-state index contributed by atoms with van der Waals surface area (Å²) in [5, 5.41) is 5.83. The molecule has 0 aromatic heterocycles. The molecule has 1 aliphatic carbocycles. The third kappa shape index (κ3) is 4.35. The van der Waals surface area contributed by atoms with Crippen molar-refractivity contribution in [3.63, 3.8) is 0 Å². The summed E-state index contributed by atoms with van der Waals surface area (Å²) >= 11 is 0. The second-order valence-corrected chi connectivity index (χ2v) is 4.60. The Bertz CT molecular complexity index is 249. The van der Waals surface area contributed by atoms with Crippen LogP contribution in [0.25, 0.3) is 0 Å². The molecule has 1 rings (SSSR count). The summed E-state index contributed by atoms with van der Waals surface area (Å²) in [5.41, 5.74) is 0.321. The Balaban J connectivity index is 2.13. The number of nitrogens with one attached hydrogen (secondary N) is 2. The first-order chi connectivity index (χ1) is 7.16. The Morgan fingerprint density at radius 3 is 2.73 bits per heavy atom. The van der Waals surface area contributed by atoms with E-state index in [9.17, 15) is 4.79 Å². The van der Waals surface area contributed by atoms with Crippen molar-refractivity contribution in [2.45, 2.75) is 32.6 Å². The molecule has 3 nitrogen and oxygen atoms in total. The fourth-order valence-corrected chi connectivity index (χ4v) is 2.03. The van der Waals surface area contributed by atoms with Crippen LogP contribution in [0.15, 0.2) is 0 Å². The van der Waals surface area contributed by atoms with Crippen molar-refractivity contribution >= 4 is 5.91 Å². The molecule has 0 saturated heterocycles. The number of carbonyl (C=O) groups excluding carboxylic acids is 1. The van der Waals surface area contributed by atoms with E-state index in [-0.39, 0.29) is 5.91 Å². The molecular formula is C12H20N2O. The highest BCUT2D eigenvalue weighted by molar-refractivity contribution is 5.78. The Hall–Kier alpha value is -1.01. The van der Waals surface area contributed by atoms with Gasteiger partial charge < -0.3 is 5.32 Å². The molecule has 0 aromatic rings. The molecule has 0 atom stereocenters. The number of terminal acetylenes is 1. The molecule has 1 amide bonds. The summed E-state index contributed by atoms with van der Waals surface area (Å²) in [5.74, 6) is 2.48. The van der Waals surface area contributed by atoms with E-state index < -0.39 is 0 Å². The quantitative estimate of drug-likeness (QED) is 0.521. The Kier molecular flexibility index (Phi) is 4.64. The summed E-state index contributed by atoms with van der Waals surface area (Å²) < 4.78 is 0. The number of rotatable bonds is 5. The van der Waals surface area contributed by atoms with Crippen molar-refractivity contribution in [3.8, 4) is 12.3 Å². The van der Waals surface area contributed by atoms with Crippen LogP contribution in [0.5, 0.6) is 0 Å². The van der Waals surface area contributed by atoms with Gasteiger partial charge >= 0.3 is 0 Å². The minimum atomic E-state index is 0.0402. The van der Waals surface area contributed by atoms with Gasteiger partial charge in [-0.05, 0) is 18.3 Å². The van der Waals surface area contributed by atoms with Gasteiger partial charge in [-0.1, -0.05) is 25.7 Å². The van der Waals surface area contributed by atoms with Gasteiger partial charge in [0.05, 0.1) is 13.1 Å². The predicted octanol–water partition coefficient (Wildman–Crippen LogP) is 0.906. The molecule has 1 saturated carbocycles. The zero-order valence-corrected chi connectivity index (χ0v) is 9.44. The highest BCUT2D eigenvalue weighted by atomic mass is 16.1. The molecule has 84 valence electrons. The van der Waals surface area contributed by atoms with Gasteiger partial charge in [0.1, 0.15) is 0 Å². The van der Waals surface area contributed by atoms with Crippen LogP contribution in [-0.2, 0) is 4.79 Å². The first kappa shape index (κ1) is 12.1. The number of hydrogen-bond donors (Lipinski definition) is 2. The maximum atomic E-state index is 11.4. The van der Waals surface area contributed by atoms with Crippen LogP contribution in [0.4, 0.5) is 0 Å². The minimum Gasteiger partial charge on any atom is -0.354 e. The maximum Gasteiger partial charge on any atom is 0.234 e. The van der Waals surface area contributed by atoms with Crippen LogP contribution >= 0.6 is 0 Å². The largest absolute Gasteiger partial charge is 0.354 e. The molecule has 2 N–H and O–H groups in total. The van der Waals surface area contributed by atoms with Gasteiger partial charge in [-0.3, -0.25) is 10.1 Å². The molecule has 1 aliphatic rings. The summed E-state index contributed by atoms with van der Waals surface area (Å²) in [6, 6.07) is 0.